The number of nitrogens with zero attached hydrogens (tertiary/aromatic N) is 1. The van der Waals surface area contributed by atoms with Crippen LogP contribution in [0.3, 0.4) is 0 Å². The molecule has 3 unspecified atom stereocenters. The molecule has 2 saturated heterocycles. The van der Waals surface area contributed by atoms with Crippen LogP contribution in [-0.2, 0) is 24.3 Å². The Kier molecular flexibility index (Phi) is 4.84. The van der Waals surface area contributed by atoms with Crippen LogP contribution in [0, 0.1) is 0 Å². The molecule has 0 aliphatic carbocycles. The number of carbonyl (C=O) groups excluding carboxylic acids is 1. The molecular formula is C12H20N2O6S. The molecule has 120 valence electrons. The van der Waals surface area contributed by atoms with Gasteiger partial charge in [0.2, 0.25) is 10.0 Å². The SMILES string of the molecule is CS(=O)(=O)NC1CCCN(C(=O)C2CCC(C(=O)O)O2)C1. The van der Waals surface area contributed by atoms with E-state index in [1.165, 1.54) is 0 Å². The molecular weight excluding hydrogens is 300 g/mol. The standard InChI is InChI=1S/C12H20N2O6S/c1-21(18,19)13-8-3-2-6-14(7-8)11(15)9-4-5-10(20-9)12(16)17/h8-10,13H,2-7H2,1H3,(H,16,17). The first-order valence-corrected chi connectivity index (χ1v) is 8.80. The van der Waals surface area contributed by atoms with Crippen molar-refractivity contribution in [2.75, 3.05) is 19.3 Å². The molecule has 0 aromatic rings. The highest BCUT2D eigenvalue weighted by atomic mass is 32.2. The zero-order chi connectivity index (χ0) is 15.6. The lowest BCUT2D eigenvalue weighted by Gasteiger charge is -2.34. The van der Waals surface area contributed by atoms with Crippen LogP contribution in [-0.4, -0.2) is 67.9 Å². The molecule has 0 aromatic carbocycles. The fourth-order valence-electron chi connectivity index (χ4n) is 2.78. The van der Waals surface area contributed by atoms with Crippen LogP contribution in [0.15, 0.2) is 0 Å². The quantitative estimate of drug-likeness (QED) is 0.698. The van der Waals surface area contributed by atoms with Crippen LogP contribution in [0.5, 0.6) is 0 Å². The first-order valence-electron chi connectivity index (χ1n) is 6.90. The summed E-state index contributed by atoms with van der Waals surface area (Å²) in [6.07, 6.45) is 1.53. The van der Waals surface area contributed by atoms with Crippen LogP contribution >= 0.6 is 0 Å². The lowest BCUT2D eigenvalue weighted by atomic mass is 10.1. The molecule has 2 rings (SSSR count). The van der Waals surface area contributed by atoms with E-state index in [4.69, 9.17) is 9.84 Å². The predicted molar refractivity (Wildman–Crippen MR) is 73.1 cm³/mol. The van der Waals surface area contributed by atoms with Gasteiger partial charge in [-0.05, 0) is 25.7 Å². The van der Waals surface area contributed by atoms with E-state index in [2.05, 4.69) is 4.72 Å². The number of hydrogen-bond donors (Lipinski definition) is 2. The van der Waals surface area contributed by atoms with Crippen LogP contribution in [0.25, 0.3) is 0 Å². The molecule has 2 N–H and O–H groups in total. The molecule has 0 spiro atoms. The molecule has 2 heterocycles. The molecule has 2 fully saturated rings. The van der Waals surface area contributed by atoms with Gasteiger partial charge in [0, 0.05) is 19.1 Å². The van der Waals surface area contributed by atoms with E-state index in [1.807, 2.05) is 0 Å². The van der Waals surface area contributed by atoms with Crippen molar-refractivity contribution >= 4 is 21.9 Å². The Balaban J connectivity index is 1.92. The summed E-state index contributed by atoms with van der Waals surface area (Å²) in [4.78, 5) is 24.7. The maximum absolute atomic E-state index is 12.3. The average molecular weight is 320 g/mol. The number of carbonyl (C=O) groups is 2. The number of amides is 1. The lowest BCUT2D eigenvalue weighted by Crippen LogP contribution is -2.51. The third kappa shape index (κ3) is 4.39. The largest absolute Gasteiger partial charge is 0.479 e. The molecule has 0 bridgehead atoms. The Bertz CT molecular complexity index is 520. The summed E-state index contributed by atoms with van der Waals surface area (Å²) in [6.45, 7) is 0.835. The maximum Gasteiger partial charge on any atom is 0.332 e. The molecule has 8 nitrogen and oxygen atoms in total. The van der Waals surface area contributed by atoms with Gasteiger partial charge in [0.05, 0.1) is 6.26 Å². The Hall–Kier alpha value is -1.19. The van der Waals surface area contributed by atoms with E-state index in [9.17, 15) is 18.0 Å². The molecule has 9 heteroatoms. The van der Waals surface area contributed by atoms with Crippen molar-refractivity contribution in [3.8, 4) is 0 Å². The molecule has 2 aliphatic rings. The van der Waals surface area contributed by atoms with Crippen LogP contribution in [0.2, 0.25) is 0 Å². The second-order valence-corrected chi connectivity index (χ2v) is 7.32. The van der Waals surface area contributed by atoms with Crippen molar-refractivity contribution in [3.63, 3.8) is 0 Å². The Labute approximate surface area is 123 Å². The van der Waals surface area contributed by atoms with Gasteiger partial charge in [0.1, 0.15) is 6.10 Å². The Morgan fingerprint density at radius 1 is 1.24 bits per heavy atom. The zero-order valence-electron chi connectivity index (χ0n) is 11.8. The molecule has 2 aliphatic heterocycles. The molecule has 0 saturated carbocycles. The maximum atomic E-state index is 12.3. The summed E-state index contributed by atoms with van der Waals surface area (Å²) in [6, 6.07) is -0.297. The van der Waals surface area contributed by atoms with Gasteiger partial charge in [-0.25, -0.2) is 17.9 Å². The first-order chi connectivity index (χ1) is 9.76. The molecule has 0 radical (unpaired) electrons. The van der Waals surface area contributed by atoms with E-state index in [-0.39, 0.29) is 11.9 Å². The highest BCUT2D eigenvalue weighted by molar-refractivity contribution is 7.88. The number of carboxylic acid groups (broad SMARTS) is 1. The first kappa shape index (κ1) is 16.2. The van der Waals surface area contributed by atoms with Crippen LogP contribution in [0.4, 0.5) is 0 Å². The van der Waals surface area contributed by atoms with E-state index in [1.54, 1.807) is 4.90 Å². The number of nitrogens with one attached hydrogen (secondary N) is 1. The number of hydrogen-bond acceptors (Lipinski definition) is 5. The van der Waals surface area contributed by atoms with Crippen LogP contribution in [0.1, 0.15) is 25.7 Å². The van der Waals surface area contributed by atoms with Crippen molar-refractivity contribution < 1.29 is 27.9 Å². The van der Waals surface area contributed by atoms with E-state index in [0.717, 1.165) is 6.26 Å². The van der Waals surface area contributed by atoms with Gasteiger partial charge in [-0.2, -0.15) is 0 Å². The Morgan fingerprint density at radius 2 is 1.90 bits per heavy atom. The molecule has 1 amide bonds. The second kappa shape index (κ2) is 6.29. The monoisotopic (exact) mass is 320 g/mol. The number of aliphatic carboxylic acids is 1. The number of ether oxygens (including phenoxy) is 1. The molecule has 0 aromatic heterocycles. The number of likely N-dealkylation sites (tertiary alicyclic amines) is 1. The zero-order valence-corrected chi connectivity index (χ0v) is 12.6. The van der Waals surface area contributed by atoms with Gasteiger partial charge < -0.3 is 14.7 Å². The topological polar surface area (TPSA) is 113 Å². The van der Waals surface area contributed by atoms with Crippen molar-refractivity contribution in [1.29, 1.82) is 0 Å². The van der Waals surface area contributed by atoms with Gasteiger partial charge in [-0.3, -0.25) is 4.79 Å². The van der Waals surface area contributed by atoms with Gasteiger partial charge >= 0.3 is 5.97 Å². The summed E-state index contributed by atoms with van der Waals surface area (Å²) >= 11 is 0. The average Bonchev–Trinajstić information content (AvgIpc) is 2.85. The third-order valence-corrected chi connectivity index (χ3v) is 4.45. The van der Waals surface area contributed by atoms with Crippen molar-refractivity contribution in [2.24, 2.45) is 0 Å². The van der Waals surface area contributed by atoms with Crippen molar-refractivity contribution in [1.82, 2.24) is 9.62 Å². The summed E-state index contributed by atoms with van der Waals surface area (Å²) in [5.41, 5.74) is 0. The summed E-state index contributed by atoms with van der Waals surface area (Å²) in [5.74, 6) is -1.31. The minimum atomic E-state index is -3.31. The highest BCUT2D eigenvalue weighted by Gasteiger charge is 2.38. The number of sulfonamides is 1. The summed E-state index contributed by atoms with van der Waals surface area (Å²) < 4.78 is 30.2. The predicted octanol–water partition coefficient (Wildman–Crippen LogP) is -0.841. The highest BCUT2D eigenvalue weighted by Crippen LogP contribution is 2.23. The van der Waals surface area contributed by atoms with Gasteiger partial charge in [-0.1, -0.05) is 0 Å². The number of piperidine rings is 1. The molecule has 3 atom stereocenters. The minimum Gasteiger partial charge on any atom is -0.479 e. The van der Waals surface area contributed by atoms with Crippen molar-refractivity contribution in [3.05, 3.63) is 0 Å². The Morgan fingerprint density at radius 3 is 2.48 bits per heavy atom. The fourth-order valence-corrected chi connectivity index (χ4v) is 3.58. The number of rotatable bonds is 4. The summed E-state index contributed by atoms with van der Waals surface area (Å²) in [5, 5.41) is 8.87. The second-order valence-electron chi connectivity index (χ2n) is 5.54. The smallest absolute Gasteiger partial charge is 0.332 e. The fraction of sp³-hybridized carbons (Fsp3) is 0.833. The molecule has 21 heavy (non-hydrogen) atoms. The number of carboxylic acids is 1. The van der Waals surface area contributed by atoms with E-state index >= 15 is 0 Å². The van der Waals surface area contributed by atoms with Gasteiger partial charge in [0.25, 0.3) is 5.91 Å². The van der Waals surface area contributed by atoms with Crippen molar-refractivity contribution in [2.45, 2.75) is 43.9 Å². The van der Waals surface area contributed by atoms with Gasteiger partial charge in [-0.15, -0.1) is 0 Å². The van der Waals surface area contributed by atoms with Crippen LogP contribution < -0.4 is 4.72 Å². The lowest BCUT2D eigenvalue weighted by molar-refractivity contribution is -0.155. The minimum absolute atomic E-state index is 0.251. The summed E-state index contributed by atoms with van der Waals surface area (Å²) in [7, 11) is -3.31. The van der Waals surface area contributed by atoms with Gasteiger partial charge in [0.15, 0.2) is 6.10 Å². The normalized spacial score (nSPS) is 30.3. The van der Waals surface area contributed by atoms with E-state index < -0.39 is 28.2 Å². The third-order valence-electron chi connectivity index (χ3n) is 3.68. The van der Waals surface area contributed by atoms with E-state index in [0.29, 0.717) is 38.8 Å².